The molecule has 7 heteroatoms. The zero-order valence-corrected chi connectivity index (χ0v) is 20.7. The summed E-state index contributed by atoms with van der Waals surface area (Å²) in [4.78, 5) is 35.9. The summed E-state index contributed by atoms with van der Waals surface area (Å²) in [5, 5.41) is 11.6. The molecule has 0 heterocycles. The van der Waals surface area contributed by atoms with Crippen LogP contribution in [0, 0.1) is 23.2 Å². The Kier molecular flexibility index (Phi) is 7.42. The molecule has 3 aliphatic rings. The van der Waals surface area contributed by atoms with Gasteiger partial charge < -0.3 is 19.3 Å². The van der Waals surface area contributed by atoms with Gasteiger partial charge in [-0.1, -0.05) is 26.0 Å². The maximum absolute atomic E-state index is 12.1. The normalized spacial score (nSPS) is 38.9. The van der Waals surface area contributed by atoms with Crippen molar-refractivity contribution in [1.29, 1.82) is 0 Å². The van der Waals surface area contributed by atoms with Crippen LogP contribution in [0.5, 0.6) is 0 Å². The minimum absolute atomic E-state index is 0.00587. The molecule has 184 valence electrons. The second-order valence-corrected chi connectivity index (χ2v) is 10.4. The van der Waals surface area contributed by atoms with Crippen LogP contribution in [0.15, 0.2) is 23.3 Å². The van der Waals surface area contributed by atoms with Crippen LogP contribution < -0.4 is 0 Å². The minimum Gasteiger partial charge on any atom is -0.458 e. The molecule has 1 fully saturated rings. The molecular formula is C26H38O7. The lowest BCUT2D eigenvalue weighted by Crippen LogP contribution is -2.54. The van der Waals surface area contributed by atoms with Crippen molar-refractivity contribution >= 4 is 17.9 Å². The second-order valence-electron chi connectivity index (χ2n) is 10.4. The number of hydrogen-bond acceptors (Lipinski definition) is 7. The van der Waals surface area contributed by atoms with Crippen LogP contribution in [0.1, 0.15) is 73.6 Å². The monoisotopic (exact) mass is 462 g/mol. The third kappa shape index (κ3) is 4.88. The summed E-state index contributed by atoms with van der Waals surface area (Å²) in [6.07, 6.45) is 0.549. The van der Waals surface area contributed by atoms with Gasteiger partial charge in [0, 0.05) is 31.8 Å². The number of ether oxygens (including phenoxy) is 3. The number of aliphatic hydroxyl groups excluding tert-OH is 1. The molecule has 0 aliphatic heterocycles. The van der Waals surface area contributed by atoms with Gasteiger partial charge in [0.05, 0.1) is 0 Å². The van der Waals surface area contributed by atoms with E-state index in [2.05, 4.69) is 13.5 Å². The summed E-state index contributed by atoms with van der Waals surface area (Å²) in [5.74, 6) is -1.22. The molecule has 0 aromatic rings. The van der Waals surface area contributed by atoms with E-state index in [1.807, 2.05) is 13.8 Å². The largest absolute Gasteiger partial charge is 0.458 e. The molecule has 0 amide bonds. The van der Waals surface area contributed by atoms with E-state index in [1.165, 1.54) is 20.8 Å². The van der Waals surface area contributed by atoms with Crippen LogP contribution in [0.25, 0.3) is 0 Å². The Morgan fingerprint density at radius 1 is 0.970 bits per heavy atom. The first-order valence-corrected chi connectivity index (χ1v) is 12.0. The van der Waals surface area contributed by atoms with Gasteiger partial charge in [0.15, 0.2) is 6.10 Å². The highest BCUT2D eigenvalue weighted by Gasteiger charge is 2.59. The summed E-state index contributed by atoms with van der Waals surface area (Å²) < 4.78 is 17.2. The van der Waals surface area contributed by atoms with Crippen LogP contribution in [0.3, 0.4) is 0 Å². The van der Waals surface area contributed by atoms with E-state index >= 15 is 0 Å². The number of hydrogen-bond donors (Lipinski definition) is 1. The highest BCUT2D eigenvalue weighted by Crippen LogP contribution is 2.60. The van der Waals surface area contributed by atoms with Crippen LogP contribution >= 0.6 is 0 Å². The quantitative estimate of drug-likeness (QED) is 0.386. The fraction of sp³-hybridized carbons (Fsp3) is 0.731. The van der Waals surface area contributed by atoms with Crippen molar-refractivity contribution in [2.45, 2.75) is 98.1 Å². The lowest BCUT2D eigenvalue weighted by Gasteiger charge is -2.49. The molecule has 0 saturated heterocycles. The summed E-state index contributed by atoms with van der Waals surface area (Å²) in [6, 6.07) is 0. The molecule has 2 bridgehead atoms. The summed E-state index contributed by atoms with van der Waals surface area (Å²) in [7, 11) is 0. The molecule has 7 nitrogen and oxygen atoms in total. The van der Waals surface area contributed by atoms with Gasteiger partial charge in [-0.3, -0.25) is 14.4 Å². The molecular weight excluding hydrogens is 424 g/mol. The van der Waals surface area contributed by atoms with E-state index in [0.29, 0.717) is 24.8 Å². The van der Waals surface area contributed by atoms with E-state index in [4.69, 9.17) is 14.2 Å². The summed E-state index contributed by atoms with van der Waals surface area (Å²) in [5.41, 5.74) is 1.98. The highest BCUT2D eigenvalue weighted by molar-refractivity contribution is 5.68. The molecule has 8 atom stereocenters. The Morgan fingerprint density at radius 3 is 2.12 bits per heavy atom. The van der Waals surface area contributed by atoms with Gasteiger partial charge >= 0.3 is 17.9 Å². The number of aliphatic hydroxyl groups is 1. The van der Waals surface area contributed by atoms with E-state index in [0.717, 1.165) is 24.0 Å². The molecule has 3 aliphatic carbocycles. The van der Waals surface area contributed by atoms with E-state index < -0.39 is 41.8 Å². The van der Waals surface area contributed by atoms with Crippen molar-refractivity contribution < 1.29 is 33.7 Å². The topological polar surface area (TPSA) is 99.1 Å². The second kappa shape index (κ2) is 9.61. The van der Waals surface area contributed by atoms with Crippen molar-refractivity contribution in [2.24, 2.45) is 23.2 Å². The maximum Gasteiger partial charge on any atom is 0.303 e. The van der Waals surface area contributed by atoms with Crippen molar-refractivity contribution in [3.63, 3.8) is 0 Å². The third-order valence-corrected chi connectivity index (χ3v) is 7.98. The lowest BCUT2D eigenvalue weighted by atomic mass is 9.60. The number of carbonyl (C=O) groups is 3. The zero-order valence-electron chi connectivity index (χ0n) is 20.7. The first-order valence-electron chi connectivity index (χ1n) is 12.0. The maximum atomic E-state index is 12.1. The molecule has 0 spiro atoms. The smallest absolute Gasteiger partial charge is 0.303 e. The summed E-state index contributed by atoms with van der Waals surface area (Å²) >= 11 is 0. The molecule has 1 unspecified atom stereocenters. The predicted octanol–water partition coefficient (Wildman–Crippen LogP) is 3.88. The van der Waals surface area contributed by atoms with Crippen LogP contribution in [-0.4, -0.2) is 47.4 Å². The fourth-order valence-corrected chi connectivity index (χ4v) is 6.56. The Hall–Kier alpha value is -2.15. The average Bonchev–Trinajstić information content (AvgIpc) is 3.05. The van der Waals surface area contributed by atoms with Gasteiger partial charge in [0.1, 0.15) is 18.3 Å². The molecule has 1 N–H and O–H groups in total. The average molecular weight is 463 g/mol. The number of rotatable bonds is 3. The first-order chi connectivity index (χ1) is 15.4. The van der Waals surface area contributed by atoms with Gasteiger partial charge in [0.25, 0.3) is 0 Å². The van der Waals surface area contributed by atoms with E-state index in [9.17, 15) is 19.5 Å². The van der Waals surface area contributed by atoms with Gasteiger partial charge in [-0.15, -0.1) is 0 Å². The van der Waals surface area contributed by atoms with Crippen LogP contribution in [-0.2, 0) is 28.6 Å². The van der Waals surface area contributed by atoms with Gasteiger partial charge in [-0.05, 0) is 62.4 Å². The molecule has 0 aromatic heterocycles. The Bertz CT molecular complexity index is 859. The SMILES string of the molecule is C=C1C(OC(C)=O)CC[C@H](C)C[C@H](OC(C)=O)C2=C(C)[C@@H]3[C@H]1CC[C@]3(C)[C@@H](O)[C@@H]2OC(C)=O. The van der Waals surface area contributed by atoms with Gasteiger partial charge in [0.2, 0.25) is 0 Å². The molecule has 1 saturated carbocycles. The van der Waals surface area contributed by atoms with Gasteiger partial charge in [-0.2, -0.15) is 0 Å². The lowest BCUT2D eigenvalue weighted by molar-refractivity contribution is -0.161. The third-order valence-electron chi connectivity index (χ3n) is 7.98. The predicted molar refractivity (Wildman–Crippen MR) is 122 cm³/mol. The standard InChI is InChI=1S/C26H38O7/c1-13-8-9-20(31-16(4)27)14(2)19-10-11-26(7)23(19)15(3)22(21(12-13)32-17(5)28)24(25(26)30)33-18(6)29/h13,19-21,23-25,30H,2,8-12H2,1,3-7H3/t13-,19-,20?,21-,23+,24+,25-,26-/m0/s1. The zero-order chi connectivity index (χ0) is 24.7. The van der Waals surface area contributed by atoms with Crippen LogP contribution in [0.2, 0.25) is 0 Å². The Balaban J connectivity index is 2.20. The molecule has 0 radical (unpaired) electrons. The van der Waals surface area contributed by atoms with E-state index in [1.54, 1.807) is 0 Å². The molecule has 0 aromatic carbocycles. The molecule has 3 rings (SSSR count). The number of carbonyl (C=O) groups excluding carboxylic acids is 3. The number of allylic oxidation sites excluding steroid dienone is 1. The Labute approximate surface area is 196 Å². The van der Waals surface area contributed by atoms with Crippen molar-refractivity contribution in [1.82, 2.24) is 0 Å². The molecule has 33 heavy (non-hydrogen) atoms. The minimum atomic E-state index is -0.954. The van der Waals surface area contributed by atoms with Crippen molar-refractivity contribution in [3.05, 3.63) is 23.3 Å². The van der Waals surface area contributed by atoms with Crippen molar-refractivity contribution in [3.8, 4) is 0 Å². The van der Waals surface area contributed by atoms with Gasteiger partial charge in [-0.25, -0.2) is 0 Å². The summed E-state index contributed by atoms with van der Waals surface area (Å²) in [6.45, 7) is 14.6. The fourth-order valence-electron chi connectivity index (χ4n) is 6.56. The highest BCUT2D eigenvalue weighted by atomic mass is 16.6. The van der Waals surface area contributed by atoms with Crippen molar-refractivity contribution in [2.75, 3.05) is 0 Å². The Morgan fingerprint density at radius 2 is 1.55 bits per heavy atom. The first kappa shape index (κ1) is 25.5. The number of esters is 3. The van der Waals surface area contributed by atoms with E-state index in [-0.39, 0.29) is 23.7 Å². The van der Waals surface area contributed by atoms with Crippen LogP contribution in [0.4, 0.5) is 0 Å².